The maximum atomic E-state index is 11.0. The highest BCUT2D eigenvalue weighted by Gasteiger charge is 2.15. The molecule has 0 saturated carbocycles. The van der Waals surface area contributed by atoms with E-state index in [2.05, 4.69) is 0 Å². The van der Waals surface area contributed by atoms with Crippen molar-refractivity contribution in [3.05, 3.63) is 34.9 Å². The zero-order valence-electron chi connectivity index (χ0n) is 8.32. The molecule has 3 nitrogen and oxygen atoms in total. The topological polar surface area (TPSA) is 54.4 Å². The maximum Gasteiger partial charge on any atom is 0.372 e. The smallest absolute Gasteiger partial charge is 0.372 e. The van der Waals surface area contributed by atoms with Gasteiger partial charge in [-0.3, -0.25) is 4.79 Å². The van der Waals surface area contributed by atoms with Gasteiger partial charge in [0.15, 0.2) is 0 Å². The predicted octanol–water partition coefficient (Wildman–Crippen LogP) is 1.37. The van der Waals surface area contributed by atoms with E-state index in [4.69, 9.17) is 5.11 Å². The summed E-state index contributed by atoms with van der Waals surface area (Å²) >= 11 is 0. The number of hydrogen-bond donors (Lipinski definition) is 1. The van der Waals surface area contributed by atoms with Gasteiger partial charge in [0.2, 0.25) is 5.78 Å². The van der Waals surface area contributed by atoms with Crippen LogP contribution in [0.3, 0.4) is 0 Å². The molecule has 2 rings (SSSR count). The van der Waals surface area contributed by atoms with E-state index in [-0.39, 0.29) is 6.42 Å². The molecule has 1 aliphatic rings. The third kappa shape index (κ3) is 2.06. The monoisotopic (exact) mass is 204 g/mol. The van der Waals surface area contributed by atoms with E-state index in [1.54, 1.807) is 0 Å². The van der Waals surface area contributed by atoms with Crippen LogP contribution in [-0.4, -0.2) is 16.9 Å². The number of aryl methyl sites for hydroxylation is 2. The summed E-state index contributed by atoms with van der Waals surface area (Å²) in [6.45, 7) is 0. The minimum Gasteiger partial charge on any atom is -0.475 e. The molecular formula is C12H12O3. The largest absolute Gasteiger partial charge is 0.475 e. The van der Waals surface area contributed by atoms with Crippen molar-refractivity contribution < 1.29 is 14.7 Å². The molecule has 0 unspecified atom stereocenters. The van der Waals surface area contributed by atoms with Crippen LogP contribution < -0.4 is 0 Å². The molecule has 78 valence electrons. The number of carbonyl (C=O) groups is 2. The van der Waals surface area contributed by atoms with Crippen LogP contribution >= 0.6 is 0 Å². The molecule has 0 fully saturated rings. The number of fused-ring (bicyclic) bond motifs is 1. The summed E-state index contributed by atoms with van der Waals surface area (Å²) in [5, 5.41) is 8.49. The first-order valence-electron chi connectivity index (χ1n) is 5.03. The summed E-state index contributed by atoms with van der Waals surface area (Å²) in [7, 11) is 0. The predicted molar refractivity (Wildman–Crippen MR) is 54.8 cm³/mol. The minimum atomic E-state index is -1.35. The molecule has 0 saturated heterocycles. The van der Waals surface area contributed by atoms with Crippen molar-refractivity contribution >= 4 is 11.8 Å². The lowest BCUT2D eigenvalue weighted by Gasteiger charge is -2.02. The van der Waals surface area contributed by atoms with Crippen molar-refractivity contribution in [2.24, 2.45) is 0 Å². The van der Waals surface area contributed by atoms with Gasteiger partial charge < -0.3 is 5.11 Å². The standard InChI is InChI=1S/C12H12O3/c13-11(12(14)15)7-8-4-5-9-2-1-3-10(9)6-8/h4-6H,1-3,7H2,(H,14,15). The van der Waals surface area contributed by atoms with E-state index in [1.165, 1.54) is 11.1 Å². The lowest BCUT2D eigenvalue weighted by Crippen LogP contribution is -2.15. The second-order valence-electron chi connectivity index (χ2n) is 3.86. The van der Waals surface area contributed by atoms with Crippen molar-refractivity contribution in [1.29, 1.82) is 0 Å². The number of carboxylic acids is 1. The third-order valence-electron chi connectivity index (χ3n) is 2.77. The maximum absolute atomic E-state index is 11.0. The van der Waals surface area contributed by atoms with Crippen LogP contribution in [0.4, 0.5) is 0 Å². The number of ketones is 1. The van der Waals surface area contributed by atoms with Gasteiger partial charge in [0, 0.05) is 6.42 Å². The Hall–Kier alpha value is -1.64. The van der Waals surface area contributed by atoms with Gasteiger partial charge in [-0.2, -0.15) is 0 Å². The van der Waals surface area contributed by atoms with Gasteiger partial charge in [0.25, 0.3) is 0 Å². The SMILES string of the molecule is O=C(O)C(=O)Cc1ccc2c(c1)CCC2. The number of benzene rings is 1. The zero-order valence-corrected chi connectivity index (χ0v) is 8.32. The molecule has 1 aliphatic carbocycles. The molecule has 0 radical (unpaired) electrons. The highest BCUT2D eigenvalue weighted by molar-refractivity contribution is 6.33. The van der Waals surface area contributed by atoms with Gasteiger partial charge in [0.1, 0.15) is 0 Å². The number of carbonyl (C=O) groups excluding carboxylic acids is 1. The van der Waals surface area contributed by atoms with Gasteiger partial charge in [0.05, 0.1) is 0 Å². The van der Waals surface area contributed by atoms with Crippen LogP contribution in [0.1, 0.15) is 23.1 Å². The molecule has 15 heavy (non-hydrogen) atoms. The summed E-state index contributed by atoms with van der Waals surface area (Å²) in [4.78, 5) is 21.4. The molecule has 0 heterocycles. The highest BCUT2D eigenvalue weighted by atomic mass is 16.4. The van der Waals surface area contributed by atoms with Gasteiger partial charge in [-0.15, -0.1) is 0 Å². The van der Waals surface area contributed by atoms with Gasteiger partial charge >= 0.3 is 5.97 Å². The van der Waals surface area contributed by atoms with Crippen molar-refractivity contribution in [1.82, 2.24) is 0 Å². The molecule has 0 amide bonds. The van der Waals surface area contributed by atoms with Gasteiger partial charge in [-0.1, -0.05) is 18.2 Å². The van der Waals surface area contributed by atoms with E-state index in [9.17, 15) is 9.59 Å². The van der Waals surface area contributed by atoms with Crippen LogP contribution in [0.5, 0.6) is 0 Å². The lowest BCUT2D eigenvalue weighted by atomic mass is 10.0. The first-order valence-corrected chi connectivity index (χ1v) is 5.03. The number of Topliss-reactive ketones (excluding diaryl/α,β-unsaturated/α-hetero) is 1. The fraction of sp³-hybridized carbons (Fsp3) is 0.333. The Morgan fingerprint density at radius 2 is 1.93 bits per heavy atom. The first kappa shape index (κ1) is 9.90. The average molecular weight is 204 g/mol. The second-order valence-corrected chi connectivity index (χ2v) is 3.86. The number of hydrogen-bond acceptors (Lipinski definition) is 2. The van der Waals surface area contributed by atoms with E-state index < -0.39 is 11.8 Å². The van der Waals surface area contributed by atoms with Gasteiger partial charge in [-0.25, -0.2) is 4.79 Å². The first-order chi connectivity index (χ1) is 7.16. The van der Waals surface area contributed by atoms with Crippen LogP contribution in [-0.2, 0) is 28.9 Å². The van der Waals surface area contributed by atoms with Crippen LogP contribution in [0.25, 0.3) is 0 Å². The fourth-order valence-corrected chi connectivity index (χ4v) is 2.00. The Kier molecular flexibility index (Phi) is 2.54. The fourth-order valence-electron chi connectivity index (χ4n) is 2.00. The van der Waals surface area contributed by atoms with Crippen LogP contribution in [0.2, 0.25) is 0 Å². The Morgan fingerprint density at radius 1 is 1.20 bits per heavy atom. The van der Waals surface area contributed by atoms with Crippen molar-refractivity contribution in [3.63, 3.8) is 0 Å². The molecule has 1 aromatic carbocycles. The molecule has 0 atom stereocenters. The molecular weight excluding hydrogens is 192 g/mol. The summed E-state index contributed by atoms with van der Waals surface area (Å²) in [6.07, 6.45) is 3.31. The molecule has 1 N–H and O–H groups in total. The second kappa shape index (κ2) is 3.85. The lowest BCUT2D eigenvalue weighted by molar-refractivity contribution is -0.148. The van der Waals surface area contributed by atoms with Crippen molar-refractivity contribution in [2.75, 3.05) is 0 Å². The Balaban J connectivity index is 2.17. The molecule has 0 aliphatic heterocycles. The summed E-state index contributed by atoms with van der Waals surface area (Å²) in [5.74, 6) is -2.09. The molecule has 3 heteroatoms. The normalized spacial score (nSPS) is 13.6. The minimum absolute atomic E-state index is 0.00259. The Morgan fingerprint density at radius 3 is 2.67 bits per heavy atom. The van der Waals surface area contributed by atoms with E-state index in [0.29, 0.717) is 0 Å². The van der Waals surface area contributed by atoms with Crippen LogP contribution in [0.15, 0.2) is 18.2 Å². The van der Waals surface area contributed by atoms with Crippen molar-refractivity contribution in [2.45, 2.75) is 25.7 Å². The molecule has 0 spiro atoms. The van der Waals surface area contributed by atoms with Gasteiger partial charge in [-0.05, 0) is 36.0 Å². The average Bonchev–Trinajstić information content (AvgIpc) is 2.64. The molecule has 0 aromatic heterocycles. The zero-order chi connectivity index (χ0) is 10.8. The summed E-state index contributed by atoms with van der Waals surface area (Å²) in [6, 6.07) is 5.82. The van der Waals surface area contributed by atoms with E-state index in [1.807, 2.05) is 18.2 Å². The number of carboxylic acid groups (broad SMARTS) is 1. The Bertz CT molecular complexity index is 421. The Labute approximate surface area is 87.7 Å². The third-order valence-corrected chi connectivity index (χ3v) is 2.77. The van der Waals surface area contributed by atoms with E-state index in [0.717, 1.165) is 24.8 Å². The molecule has 0 bridgehead atoms. The summed E-state index contributed by atoms with van der Waals surface area (Å²) in [5.41, 5.74) is 3.41. The number of rotatable bonds is 3. The number of aliphatic carboxylic acids is 1. The molecule has 1 aromatic rings. The summed E-state index contributed by atoms with van der Waals surface area (Å²) < 4.78 is 0. The van der Waals surface area contributed by atoms with Crippen molar-refractivity contribution in [3.8, 4) is 0 Å². The highest BCUT2D eigenvalue weighted by Crippen LogP contribution is 2.22. The quantitative estimate of drug-likeness (QED) is 0.756. The van der Waals surface area contributed by atoms with Crippen LogP contribution in [0, 0.1) is 0 Å². The van der Waals surface area contributed by atoms with E-state index >= 15 is 0 Å².